The van der Waals surface area contributed by atoms with Crippen LogP contribution in [0.15, 0.2) is 42.5 Å². The summed E-state index contributed by atoms with van der Waals surface area (Å²) in [7, 11) is 0. The number of benzene rings is 2. The number of nitrogens with one attached hydrogen (secondary N) is 1. The molecule has 0 spiro atoms. The maximum Gasteiger partial charge on any atom is 0.116 e. The first kappa shape index (κ1) is 12.2. The fourth-order valence-electron chi connectivity index (χ4n) is 2.44. The summed E-state index contributed by atoms with van der Waals surface area (Å²) < 4.78 is 5.14. The largest absolute Gasteiger partial charge is 0.378 e. The molecule has 0 aromatic heterocycles. The lowest BCUT2D eigenvalue weighted by Gasteiger charge is -2.35. The van der Waals surface area contributed by atoms with Crippen LogP contribution in [0.3, 0.4) is 0 Å². The lowest BCUT2D eigenvalue weighted by atomic mass is 9.88. The van der Waals surface area contributed by atoms with Crippen molar-refractivity contribution in [2.24, 2.45) is 5.41 Å². The highest BCUT2D eigenvalue weighted by atomic mass is 16.5. The molecule has 19 heavy (non-hydrogen) atoms. The van der Waals surface area contributed by atoms with E-state index >= 15 is 0 Å². The first-order valence-corrected chi connectivity index (χ1v) is 6.49. The molecule has 3 heteroatoms. The van der Waals surface area contributed by atoms with E-state index in [1.54, 1.807) is 0 Å². The Labute approximate surface area is 112 Å². The maximum atomic E-state index is 9.14. The van der Waals surface area contributed by atoms with E-state index in [2.05, 4.69) is 53.9 Å². The standard InChI is InChI=1S/C16H16N2O/c17-9-16(11-19-12-16)10-18-8-14-6-3-5-13-4-1-2-7-15(13)14/h1-7,18H,8,10-12H2. The van der Waals surface area contributed by atoms with Crippen molar-refractivity contribution in [1.29, 1.82) is 5.26 Å². The molecule has 0 unspecified atom stereocenters. The summed E-state index contributed by atoms with van der Waals surface area (Å²) in [5.41, 5.74) is 0.955. The molecule has 1 heterocycles. The molecule has 3 rings (SSSR count). The highest BCUT2D eigenvalue weighted by Crippen LogP contribution is 2.25. The quantitative estimate of drug-likeness (QED) is 0.909. The summed E-state index contributed by atoms with van der Waals surface area (Å²) >= 11 is 0. The third-order valence-corrected chi connectivity index (χ3v) is 3.65. The zero-order chi connectivity index (χ0) is 13.1. The van der Waals surface area contributed by atoms with Gasteiger partial charge in [-0.1, -0.05) is 42.5 Å². The maximum absolute atomic E-state index is 9.14. The van der Waals surface area contributed by atoms with Crippen molar-refractivity contribution in [3.63, 3.8) is 0 Å². The van der Waals surface area contributed by atoms with Gasteiger partial charge in [-0.05, 0) is 16.3 Å². The van der Waals surface area contributed by atoms with Gasteiger partial charge in [0, 0.05) is 13.1 Å². The number of hydrogen-bond acceptors (Lipinski definition) is 3. The minimum absolute atomic E-state index is 0.315. The van der Waals surface area contributed by atoms with Crippen LogP contribution in [0.1, 0.15) is 5.56 Å². The van der Waals surface area contributed by atoms with Gasteiger partial charge in [0.1, 0.15) is 5.41 Å². The van der Waals surface area contributed by atoms with E-state index in [-0.39, 0.29) is 5.41 Å². The van der Waals surface area contributed by atoms with Crippen molar-refractivity contribution in [2.45, 2.75) is 6.54 Å². The lowest BCUT2D eigenvalue weighted by Crippen LogP contribution is -2.48. The van der Waals surface area contributed by atoms with E-state index in [0.29, 0.717) is 19.8 Å². The Morgan fingerprint density at radius 1 is 1.16 bits per heavy atom. The van der Waals surface area contributed by atoms with Crippen LogP contribution in [0, 0.1) is 16.7 Å². The van der Waals surface area contributed by atoms with Gasteiger partial charge in [-0.2, -0.15) is 5.26 Å². The van der Waals surface area contributed by atoms with Crippen LogP contribution >= 0.6 is 0 Å². The molecular formula is C16H16N2O. The fraction of sp³-hybridized carbons (Fsp3) is 0.312. The number of fused-ring (bicyclic) bond motifs is 1. The van der Waals surface area contributed by atoms with E-state index in [0.717, 1.165) is 6.54 Å². The molecule has 0 amide bonds. The van der Waals surface area contributed by atoms with Crippen molar-refractivity contribution < 1.29 is 4.74 Å². The van der Waals surface area contributed by atoms with Crippen LogP contribution in [-0.4, -0.2) is 19.8 Å². The van der Waals surface area contributed by atoms with Crippen LogP contribution in [-0.2, 0) is 11.3 Å². The van der Waals surface area contributed by atoms with E-state index in [1.807, 2.05) is 0 Å². The van der Waals surface area contributed by atoms with Gasteiger partial charge in [0.25, 0.3) is 0 Å². The van der Waals surface area contributed by atoms with Crippen LogP contribution in [0.2, 0.25) is 0 Å². The molecule has 2 aromatic rings. The first-order chi connectivity index (χ1) is 9.33. The van der Waals surface area contributed by atoms with Crippen LogP contribution in [0.25, 0.3) is 10.8 Å². The SMILES string of the molecule is N#CC1(CNCc2cccc3ccccc23)COC1. The minimum atomic E-state index is -0.315. The number of nitriles is 1. The van der Waals surface area contributed by atoms with Crippen LogP contribution in [0.4, 0.5) is 0 Å². The normalized spacial score (nSPS) is 16.8. The van der Waals surface area contributed by atoms with Gasteiger partial charge in [0.2, 0.25) is 0 Å². The van der Waals surface area contributed by atoms with Gasteiger partial charge in [0.05, 0.1) is 19.3 Å². The topological polar surface area (TPSA) is 45.0 Å². The Kier molecular flexibility index (Phi) is 3.20. The van der Waals surface area contributed by atoms with Gasteiger partial charge in [-0.25, -0.2) is 0 Å². The molecule has 2 aromatic carbocycles. The zero-order valence-corrected chi connectivity index (χ0v) is 10.7. The molecule has 1 saturated heterocycles. The monoisotopic (exact) mass is 252 g/mol. The fourth-order valence-corrected chi connectivity index (χ4v) is 2.44. The van der Waals surface area contributed by atoms with Gasteiger partial charge in [0.15, 0.2) is 0 Å². The summed E-state index contributed by atoms with van der Waals surface area (Å²) in [4.78, 5) is 0. The van der Waals surface area contributed by atoms with Crippen LogP contribution < -0.4 is 5.32 Å². The number of ether oxygens (including phenoxy) is 1. The predicted octanol–water partition coefficient (Wildman–Crippen LogP) is 2.47. The molecule has 96 valence electrons. The molecule has 0 atom stereocenters. The van der Waals surface area contributed by atoms with Gasteiger partial charge >= 0.3 is 0 Å². The van der Waals surface area contributed by atoms with Gasteiger partial charge < -0.3 is 10.1 Å². The van der Waals surface area contributed by atoms with Gasteiger partial charge in [-0.15, -0.1) is 0 Å². The Hall–Kier alpha value is -1.89. The Morgan fingerprint density at radius 2 is 1.95 bits per heavy atom. The second kappa shape index (κ2) is 5.00. The third-order valence-electron chi connectivity index (χ3n) is 3.65. The van der Waals surface area contributed by atoms with Gasteiger partial charge in [-0.3, -0.25) is 0 Å². The molecular weight excluding hydrogens is 236 g/mol. The van der Waals surface area contributed by atoms with Crippen molar-refractivity contribution in [2.75, 3.05) is 19.8 Å². The smallest absolute Gasteiger partial charge is 0.116 e. The van der Waals surface area contributed by atoms with E-state index in [9.17, 15) is 0 Å². The molecule has 1 fully saturated rings. The summed E-state index contributed by atoms with van der Waals surface area (Å²) in [6.07, 6.45) is 0. The van der Waals surface area contributed by atoms with Crippen molar-refractivity contribution in [3.8, 4) is 6.07 Å². The number of nitrogens with zero attached hydrogens (tertiary/aromatic N) is 1. The van der Waals surface area contributed by atoms with Crippen LogP contribution in [0.5, 0.6) is 0 Å². The third kappa shape index (κ3) is 2.33. The average Bonchev–Trinajstić information content (AvgIpc) is 2.42. The van der Waals surface area contributed by atoms with Crippen molar-refractivity contribution in [1.82, 2.24) is 5.32 Å². The summed E-state index contributed by atoms with van der Waals surface area (Å²) in [5.74, 6) is 0. The highest BCUT2D eigenvalue weighted by molar-refractivity contribution is 5.85. The second-order valence-electron chi connectivity index (χ2n) is 5.13. The first-order valence-electron chi connectivity index (χ1n) is 6.49. The second-order valence-corrected chi connectivity index (χ2v) is 5.13. The van der Waals surface area contributed by atoms with Crippen molar-refractivity contribution in [3.05, 3.63) is 48.0 Å². The Balaban J connectivity index is 1.71. The summed E-state index contributed by atoms with van der Waals surface area (Å²) in [5, 5.41) is 15.0. The number of rotatable bonds is 4. The minimum Gasteiger partial charge on any atom is -0.378 e. The van der Waals surface area contributed by atoms with Crippen molar-refractivity contribution >= 4 is 10.8 Å². The number of hydrogen-bond donors (Lipinski definition) is 1. The molecule has 0 aliphatic carbocycles. The predicted molar refractivity (Wildman–Crippen MR) is 74.5 cm³/mol. The molecule has 1 aliphatic heterocycles. The highest BCUT2D eigenvalue weighted by Gasteiger charge is 2.38. The lowest BCUT2D eigenvalue weighted by molar-refractivity contribution is -0.0755. The van der Waals surface area contributed by atoms with E-state index in [4.69, 9.17) is 10.00 Å². The van der Waals surface area contributed by atoms with E-state index in [1.165, 1.54) is 16.3 Å². The van der Waals surface area contributed by atoms with E-state index < -0.39 is 0 Å². The zero-order valence-electron chi connectivity index (χ0n) is 10.7. The molecule has 1 N–H and O–H groups in total. The molecule has 3 nitrogen and oxygen atoms in total. The Bertz CT molecular complexity index is 621. The Morgan fingerprint density at radius 3 is 2.68 bits per heavy atom. The molecule has 0 bridgehead atoms. The average molecular weight is 252 g/mol. The summed E-state index contributed by atoms with van der Waals surface area (Å²) in [6.45, 7) is 2.57. The summed E-state index contributed by atoms with van der Waals surface area (Å²) in [6, 6.07) is 17.0. The molecule has 1 aliphatic rings. The molecule has 0 saturated carbocycles. The molecule has 0 radical (unpaired) electrons.